The van der Waals surface area contributed by atoms with Crippen LogP contribution in [0.25, 0.3) is 0 Å². The van der Waals surface area contributed by atoms with E-state index in [1.54, 1.807) is 6.92 Å². The van der Waals surface area contributed by atoms with Gasteiger partial charge in [-0.2, -0.15) is 0 Å². The van der Waals surface area contributed by atoms with Gasteiger partial charge < -0.3 is 15.4 Å². The number of anilines is 2. The van der Waals surface area contributed by atoms with Gasteiger partial charge in [0.15, 0.2) is 0 Å². The Bertz CT molecular complexity index is 1290. The molecule has 1 heterocycles. The lowest BCUT2D eigenvalue weighted by molar-refractivity contribution is -0.131. The summed E-state index contributed by atoms with van der Waals surface area (Å²) in [4.78, 5) is 61.9. The third-order valence-electron chi connectivity index (χ3n) is 4.82. The first-order valence-electron chi connectivity index (χ1n) is 10.5. The van der Waals surface area contributed by atoms with Crippen LogP contribution in [0, 0.1) is 0 Å². The van der Waals surface area contributed by atoms with E-state index in [1.165, 1.54) is 48.5 Å². The second-order valence-corrected chi connectivity index (χ2v) is 10.2. The van der Waals surface area contributed by atoms with E-state index in [2.05, 4.69) is 10.6 Å². The molecule has 190 valence electrons. The number of amides is 4. The summed E-state index contributed by atoms with van der Waals surface area (Å²) < 4.78 is 27.5. The molecule has 0 radical (unpaired) electrons. The number of hydrogen-bond donors (Lipinski definition) is 3. The van der Waals surface area contributed by atoms with Gasteiger partial charge in [0.05, 0.1) is 17.1 Å². The van der Waals surface area contributed by atoms with Gasteiger partial charge in [0, 0.05) is 17.8 Å². The summed E-state index contributed by atoms with van der Waals surface area (Å²) in [5, 5.41) is 8.39. The van der Waals surface area contributed by atoms with Crippen LogP contribution in [0.15, 0.2) is 53.4 Å². The van der Waals surface area contributed by atoms with E-state index < -0.39 is 50.7 Å². The van der Waals surface area contributed by atoms with Crippen LogP contribution < -0.4 is 15.8 Å². The molecule has 0 spiro atoms. The van der Waals surface area contributed by atoms with Crippen LogP contribution in [0.3, 0.4) is 0 Å². The number of hydrogen-bond acceptors (Lipinski definition) is 9. The van der Waals surface area contributed by atoms with E-state index in [-0.39, 0.29) is 23.6 Å². The van der Waals surface area contributed by atoms with Gasteiger partial charge in [-0.15, -0.1) is 0 Å². The van der Waals surface area contributed by atoms with Crippen molar-refractivity contribution in [3.05, 3.63) is 54.1 Å². The van der Waals surface area contributed by atoms with E-state index >= 15 is 0 Å². The molecule has 1 fully saturated rings. The van der Waals surface area contributed by atoms with Crippen molar-refractivity contribution in [2.24, 2.45) is 5.14 Å². The average Bonchev–Trinajstić information content (AvgIpc) is 3.06. The Kier molecular flexibility index (Phi) is 8.45. The van der Waals surface area contributed by atoms with Gasteiger partial charge in [-0.25, -0.2) is 18.4 Å². The first-order chi connectivity index (χ1) is 17.0. The Hall–Kier alpha value is -3.75. The molecule has 3 rings (SSSR count). The smallest absolute Gasteiger partial charge is 0.338 e. The Morgan fingerprint density at radius 1 is 0.972 bits per heavy atom. The number of benzene rings is 2. The largest absolute Gasteiger partial charge is 0.462 e. The molecule has 2 aromatic rings. The van der Waals surface area contributed by atoms with Crippen molar-refractivity contribution >= 4 is 62.1 Å². The van der Waals surface area contributed by atoms with Crippen LogP contribution in [0.4, 0.5) is 16.2 Å². The lowest BCUT2D eigenvalue weighted by Gasteiger charge is -2.14. The lowest BCUT2D eigenvalue weighted by Crippen LogP contribution is -2.38. The number of carbonyl (C=O) groups excluding carboxylic acids is 5. The van der Waals surface area contributed by atoms with Crippen LogP contribution in [-0.4, -0.2) is 60.6 Å². The average molecular weight is 535 g/mol. The number of primary sulfonamides is 1. The molecule has 4 N–H and O–H groups in total. The number of carbonyl (C=O) groups is 5. The SMILES string of the molecule is CCOC(=O)c1ccc(NC(=O)CC2SC(=O)N(CC(=O)Nc3ccc(S(N)(=O)=O)cc3)C2=O)cc1. The minimum Gasteiger partial charge on any atom is -0.462 e. The first-order valence-corrected chi connectivity index (χ1v) is 12.9. The Morgan fingerprint density at radius 3 is 2.08 bits per heavy atom. The molecule has 0 aromatic heterocycles. The van der Waals surface area contributed by atoms with Crippen molar-refractivity contribution in [1.82, 2.24) is 4.90 Å². The topological polar surface area (TPSA) is 182 Å². The molecule has 0 bridgehead atoms. The molecule has 36 heavy (non-hydrogen) atoms. The number of rotatable bonds is 9. The summed E-state index contributed by atoms with van der Waals surface area (Å²) in [6.07, 6.45) is -0.304. The van der Waals surface area contributed by atoms with Crippen molar-refractivity contribution in [2.45, 2.75) is 23.5 Å². The molecule has 1 aliphatic rings. The molecule has 1 atom stereocenters. The monoisotopic (exact) mass is 534 g/mol. The minimum absolute atomic E-state index is 0.141. The second-order valence-electron chi connectivity index (χ2n) is 7.46. The number of nitrogens with zero attached hydrogens (tertiary/aromatic N) is 1. The Labute approximate surface area is 210 Å². The molecule has 1 saturated heterocycles. The van der Waals surface area contributed by atoms with E-state index in [0.29, 0.717) is 23.0 Å². The zero-order valence-electron chi connectivity index (χ0n) is 18.9. The summed E-state index contributed by atoms with van der Waals surface area (Å²) in [6, 6.07) is 11.0. The number of sulfonamides is 1. The maximum absolute atomic E-state index is 12.6. The number of nitrogens with one attached hydrogen (secondary N) is 2. The zero-order chi connectivity index (χ0) is 26.5. The Balaban J connectivity index is 1.53. The third-order valence-corrected chi connectivity index (χ3v) is 6.83. The molecule has 12 nitrogen and oxygen atoms in total. The predicted molar refractivity (Wildman–Crippen MR) is 131 cm³/mol. The van der Waals surface area contributed by atoms with Gasteiger partial charge in [-0.05, 0) is 55.5 Å². The van der Waals surface area contributed by atoms with Crippen molar-refractivity contribution in [2.75, 3.05) is 23.8 Å². The molecular formula is C22H22N4O8S2. The van der Waals surface area contributed by atoms with Gasteiger partial charge in [0.2, 0.25) is 27.7 Å². The van der Waals surface area contributed by atoms with Gasteiger partial charge in [0.1, 0.15) is 11.8 Å². The minimum atomic E-state index is -3.89. The summed E-state index contributed by atoms with van der Waals surface area (Å²) in [5.74, 6) is -2.39. The first kappa shape index (κ1) is 26.8. The standard InChI is InChI=1S/C22H22N4O8S2/c1-2-34-21(30)13-3-5-14(6-4-13)24-18(27)11-17-20(29)26(22(31)35-17)12-19(28)25-15-7-9-16(10-8-15)36(23,32)33/h3-10,17H,2,11-12H2,1H3,(H,24,27)(H,25,28)(H2,23,32,33). The molecular weight excluding hydrogens is 512 g/mol. The van der Waals surface area contributed by atoms with Gasteiger partial charge in [0.25, 0.3) is 5.24 Å². The van der Waals surface area contributed by atoms with E-state index in [0.717, 1.165) is 4.90 Å². The molecule has 2 aromatic carbocycles. The Morgan fingerprint density at radius 2 is 1.53 bits per heavy atom. The highest BCUT2D eigenvalue weighted by Crippen LogP contribution is 2.29. The van der Waals surface area contributed by atoms with Crippen LogP contribution >= 0.6 is 11.8 Å². The highest BCUT2D eigenvalue weighted by molar-refractivity contribution is 8.15. The quantitative estimate of drug-likeness (QED) is 0.402. The van der Waals surface area contributed by atoms with Crippen molar-refractivity contribution in [3.8, 4) is 0 Å². The van der Waals surface area contributed by atoms with E-state index in [1.807, 2.05) is 0 Å². The fourth-order valence-electron chi connectivity index (χ4n) is 3.13. The number of ether oxygens (including phenoxy) is 1. The molecule has 0 saturated carbocycles. The maximum Gasteiger partial charge on any atom is 0.338 e. The van der Waals surface area contributed by atoms with Crippen molar-refractivity contribution in [3.63, 3.8) is 0 Å². The van der Waals surface area contributed by atoms with Crippen molar-refractivity contribution in [1.29, 1.82) is 0 Å². The summed E-state index contributed by atoms with van der Waals surface area (Å²) >= 11 is 0.640. The van der Waals surface area contributed by atoms with Crippen LogP contribution in [0.5, 0.6) is 0 Å². The predicted octanol–water partition coefficient (Wildman–Crippen LogP) is 1.54. The third kappa shape index (κ3) is 6.90. The summed E-state index contributed by atoms with van der Waals surface area (Å²) in [6.45, 7) is 1.34. The fourth-order valence-corrected chi connectivity index (χ4v) is 4.63. The zero-order valence-corrected chi connectivity index (χ0v) is 20.6. The molecule has 1 aliphatic heterocycles. The number of esters is 1. The van der Waals surface area contributed by atoms with E-state index in [9.17, 15) is 32.4 Å². The van der Waals surface area contributed by atoms with Gasteiger partial charge in [-0.3, -0.25) is 24.1 Å². The van der Waals surface area contributed by atoms with Gasteiger partial charge >= 0.3 is 5.97 Å². The summed E-state index contributed by atoms with van der Waals surface area (Å²) in [7, 11) is -3.89. The van der Waals surface area contributed by atoms with E-state index in [4.69, 9.17) is 9.88 Å². The summed E-state index contributed by atoms with van der Waals surface area (Å²) in [5.41, 5.74) is 0.944. The second kappa shape index (κ2) is 11.3. The number of thioether (sulfide) groups is 1. The highest BCUT2D eigenvalue weighted by Gasteiger charge is 2.41. The molecule has 1 unspecified atom stereocenters. The van der Waals surface area contributed by atoms with Crippen molar-refractivity contribution < 1.29 is 37.1 Å². The van der Waals surface area contributed by atoms with Crippen LogP contribution in [0.1, 0.15) is 23.7 Å². The van der Waals surface area contributed by atoms with Gasteiger partial charge in [-0.1, -0.05) is 11.8 Å². The molecule has 4 amide bonds. The molecule has 0 aliphatic carbocycles. The number of imide groups is 1. The fraction of sp³-hybridized carbons (Fsp3) is 0.227. The van der Waals surface area contributed by atoms with Crippen LogP contribution in [0.2, 0.25) is 0 Å². The maximum atomic E-state index is 12.6. The number of nitrogens with two attached hydrogens (primary N) is 1. The molecule has 14 heteroatoms. The lowest BCUT2D eigenvalue weighted by atomic mass is 10.2. The highest BCUT2D eigenvalue weighted by atomic mass is 32.2. The normalized spacial score (nSPS) is 15.5. The van der Waals surface area contributed by atoms with Crippen LogP contribution in [-0.2, 0) is 29.1 Å².